The van der Waals surface area contributed by atoms with Crippen molar-refractivity contribution in [2.75, 3.05) is 5.32 Å². The van der Waals surface area contributed by atoms with E-state index in [1.54, 1.807) is 13.1 Å². The third-order valence-corrected chi connectivity index (χ3v) is 2.88. The summed E-state index contributed by atoms with van der Waals surface area (Å²) in [5, 5.41) is 7.40. The molecule has 1 amide bonds. The first-order chi connectivity index (χ1) is 9.25. The summed E-state index contributed by atoms with van der Waals surface area (Å²) in [5.74, 6) is 0.239. The highest BCUT2D eigenvalue weighted by Gasteiger charge is 2.14. The van der Waals surface area contributed by atoms with Crippen LogP contribution in [0.2, 0.25) is 0 Å². The minimum absolute atomic E-state index is 0.253. The Labute approximate surface area is 109 Å². The molecule has 0 aliphatic heterocycles. The van der Waals surface area contributed by atoms with E-state index in [-0.39, 0.29) is 5.91 Å². The number of hydrogen-bond acceptors (Lipinski definition) is 4. The van der Waals surface area contributed by atoms with Crippen LogP contribution in [0.5, 0.6) is 0 Å². The molecule has 0 bridgehead atoms. The highest BCUT2D eigenvalue weighted by molar-refractivity contribution is 6.08. The van der Waals surface area contributed by atoms with Crippen LogP contribution in [0.1, 0.15) is 16.1 Å². The van der Waals surface area contributed by atoms with Gasteiger partial charge >= 0.3 is 0 Å². The van der Waals surface area contributed by atoms with Gasteiger partial charge in [-0.2, -0.15) is 0 Å². The van der Waals surface area contributed by atoms with Crippen molar-refractivity contribution in [1.29, 1.82) is 0 Å². The molecule has 1 aromatic carbocycles. The number of anilines is 1. The number of carbonyl (C=O) groups excluding carboxylic acids is 1. The number of aryl methyl sites for hydroxylation is 1. The van der Waals surface area contributed by atoms with Crippen LogP contribution in [0.4, 0.5) is 5.69 Å². The highest BCUT2D eigenvalue weighted by atomic mass is 16.5. The predicted octanol–water partition coefficient (Wildman–Crippen LogP) is 2.78. The number of pyridine rings is 1. The zero-order chi connectivity index (χ0) is 13.2. The number of fused-ring (bicyclic) bond motifs is 1. The molecule has 0 fully saturated rings. The van der Waals surface area contributed by atoms with Gasteiger partial charge in [0.2, 0.25) is 0 Å². The van der Waals surface area contributed by atoms with E-state index in [0.29, 0.717) is 17.0 Å². The monoisotopic (exact) mass is 253 g/mol. The zero-order valence-corrected chi connectivity index (χ0v) is 10.3. The molecule has 1 N–H and O–H groups in total. The number of rotatable bonds is 2. The first kappa shape index (κ1) is 11.4. The summed E-state index contributed by atoms with van der Waals surface area (Å²) in [4.78, 5) is 16.4. The quantitative estimate of drug-likeness (QED) is 0.762. The summed E-state index contributed by atoms with van der Waals surface area (Å²) in [7, 11) is 0. The van der Waals surface area contributed by atoms with Crippen molar-refractivity contribution in [3.05, 3.63) is 54.0 Å². The summed E-state index contributed by atoms with van der Waals surface area (Å²) in [6.07, 6.45) is 3.10. The standard InChI is InChI=1S/C14H11N3O2/c1-9-11(8-16-19-9)14(18)17-12-6-2-4-10-5-3-7-15-13(10)12/h2-8H,1H3,(H,17,18). The van der Waals surface area contributed by atoms with Gasteiger partial charge < -0.3 is 9.84 Å². The summed E-state index contributed by atoms with van der Waals surface area (Å²) < 4.78 is 4.88. The first-order valence-corrected chi connectivity index (χ1v) is 5.82. The van der Waals surface area contributed by atoms with Crippen molar-refractivity contribution in [2.45, 2.75) is 6.92 Å². The van der Waals surface area contributed by atoms with Gasteiger partial charge in [-0.1, -0.05) is 23.4 Å². The third kappa shape index (κ3) is 2.06. The van der Waals surface area contributed by atoms with E-state index < -0.39 is 0 Å². The fraction of sp³-hybridized carbons (Fsp3) is 0.0714. The fourth-order valence-electron chi connectivity index (χ4n) is 1.91. The van der Waals surface area contributed by atoms with Crippen molar-refractivity contribution in [3.63, 3.8) is 0 Å². The van der Waals surface area contributed by atoms with Crippen LogP contribution in [-0.4, -0.2) is 16.0 Å². The van der Waals surface area contributed by atoms with Crippen LogP contribution in [0.15, 0.2) is 47.2 Å². The van der Waals surface area contributed by atoms with Gasteiger partial charge in [0.05, 0.1) is 17.4 Å². The molecule has 0 atom stereocenters. The molecule has 0 spiro atoms. The minimum Gasteiger partial charge on any atom is -0.361 e. The molecule has 3 rings (SSSR count). The first-order valence-electron chi connectivity index (χ1n) is 5.82. The SMILES string of the molecule is Cc1oncc1C(=O)Nc1cccc2cccnc12. The maximum Gasteiger partial charge on any atom is 0.260 e. The highest BCUT2D eigenvalue weighted by Crippen LogP contribution is 2.21. The maximum atomic E-state index is 12.1. The van der Waals surface area contributed by atoms with E-state index >= 15 is 0 Å². The van der Waals surface area contributed by atoms with Gasteiger partial charge in [0.25, 0.3) is 5.91 Å². The summed E-state index contributed by atoms with van der Waals surface area (Å²) in [5.41, 5.74) is 1.85. The van der Waals surface area contributed by atoms with E-state index in [0.717, 1.165) is 10.9 Å². The Balaban J connectivity index is 1.98. The molecule has 0 saturated carbocycles. The number of amides is 1. The van der Waals surface area contributed by atoms with Gasteiger partial charge in [-0.25, -0.2) is 0 Å². The molecule has 0 saturated heterocycles. The molecule has 2 aromatic heterocycles. The van der Waals surface area contributed by atoms with E-state index in [1.807, 2.05) is 30.3 Å². The number of hydrogen-bond donors (Lipinski definition) is 1. The van der Waals surface area contributed by atoms with Crippen LogP contribution >= 0.6 is 0 Å². The van der Waals surface area contributed by atoms with Gasteiger partial charge in [0.1, 0.15) is 11.3 Å². The van der Waals surface area contributed by atoms with E-state index in [4.69, 9.17) is 4.52 Å². The topological polar surface area (TPSA) is 68.0 Å². The smallest absolute Gasteiger partial charge is 0.260 e. The lowest BCUT2D eigenvalue weighted by Crippen LogP contribution is -2.12. The molecule has 0 aliphatic carbocycles. The van der Waals surface area contributed by atoms with E-state index in [9.17, 15) is 4.79 Å². The molecule has 5 nitrogen and oxygen atoms in total. The van der Waals surface area contributed by atoms with E-state index in [1.165, 1.54) is 6.20 Å². The van der Waals surface area contributed by atoms with Crippen LogP contribution in [-0.2, 0) is 0 Å². The van der Waals surface area contributed by atoms with E-state index in [2.05, 4.69) is 15.5 Å². The van der Waals surface area contributed by atoms with Crippen molar-refractivity contribution in [1.82, 2.24) is 10.1 Å². The molecule has 19 heavy (non-hydrogen) atoms. The van der Waals surface area contributed by atoms with Gasteiger partial charge in [-0.15, -0.1) is 0 Å². The van der Waals surface area contributed by atoms with Crippen LogP contribution in [0.3, 0.4) is 0 Å². The van der Waals surface area contributed by atoms with Crippen molar-refractivity contribution in [2.24, 2.45) is 0 Å². The van der Waals surface area contributed by atoms with Crippen LogP contribution in [0, 0.1) is 6.92 Å². The zero-order valence-electron chi connectivity index (χ0n) is 10.3. The lowest BCUT2D eigenvalue weighted by atomic mass is 10.2. The third-order valence-electron chi connectivity index (χ3n) is 2.88. The molecule has 2 heterocycles. The number of nitrogens with one attached hydrogen (secondary N) is 1. The second-order valence-corrected chi connectivity index (χ2v) is 4.13. The fourth-order valence-corrected chi connectivity index (χ4v) is 1.91. The molecule has 5 heteroatoms. The molecular formula is C14H11N3O2. The molecule has 0 radical (unpaired) electrons. The number of aromatic nitrogens is 2. The number of para-hydroxylation sites is 1. The summed E-state index contributed by atoms with van der Waals surface area (Å²) in [6.45, 7) is 1.70. The Kier molecular flexibility index (Phi) is 2.72. The molecule has 94 valence electrons. The molecule has 0 aliphatic rings. The molecule has 0 unspecified atom stereocenters. The number of carbonyl (C=O) groups is 1. The molecule has 3 aromatic rings. The van der Waals surface area contributed by atoms with Crippen LogP contribution in [0.25, 0.3) is 10.9 Å². The molecular weight excluding hydrogens is 242 g/mol. The van der Waals surface area contributed by atoms with Crippen molar-refractivity contribution in [3.8, 4) is 0 Å². The van der Waals surface area contributed by atoms with Crippen molar-refractivity contribution < 1.29 is 9.32 Å². The average molecular weight is 253 g/mol. The normalized spacial score (nSPS) is 10.6. The van der Waals surface area contributed by atoms with Crippen molar-refractivity contribution >= 4 is 22.5 Å². The Morgan fingerprint density at radius 3 is 2.89 bits per heavy atom. The predicted molar refractivity (Wildman–Crippen MR) is 70.9 cm³/mol. The van der Waals surface area contributed by atoms with Crippen LogP contribution < -0.4 is 5.32 Å². The lowest BCUT2D eigenvalue weighted by molar-refractivity contribution is 0.102. The maximum absolute atomic E-state index is 12.1. The lowest BCUT2D eigenvalue weighted by Gasteiger charge is -2.06. The summed E-state index contributed by atoms with van der Waals surface area (Å²) >= 11 is 0. The van der Waals surface area contributed by atoms with Gasteiger partial charge in [0.15, 0.2) is 0 Å². The largest absolute Gasteiger partial charge is 0.361 e. The number of benzene rings is 1. The minimum atomic E-state index is -0.253. The Morgan fingerprint density at radius 2 is 2.11 bits per heavy atom. The van der Waals surface area contributed by atoms with Gasteiger partial charge in [-0.3, -0.25) is 9.78 Å². The summed E-state index contributed by atoms with van der Waals surface area (Å²) in [6, 6.07) is 9.44. The van der Waals surface area contributed by atoms with Gasteiger partial charge in [-0.05, 0) is 19.1 Å². The Hall–Kier alpha value is -2.69. The number of nitrogens with zero attached hydrogens (tertiary/aromatic N) is 2. The average Bonchev–Trinajstić information content (AvgIpc) is 2.85. The second-order valence-electron chi connectivity index (χ2n) is 4.13. The van der Waals surface area contributed by atoms with Gasteiger partial charge in [0, 0.05) is 11.6 Å². The Bertz CT molecular complexity index is 744. The second kappa shape index (κ2) is 4.53. The Morgan fingerprint density at radius 1 is 1.26 bits per heavy atom.